The first-order valence-electron chi connectivity index (χ1n) is 9.22. The highest BCUT2D eigenvalue weighted by atomic mass is 16.5. The van der Waals surface area contributed by atoms with Crippen LogP contribution in [0.5, 0.6) is 0 Å². The van der Waals surface area contributed by atoms with E-state index in [4.69, 9.17) is 9.72 Å². The second kappa shape index (κ2) is 9.00. The highest BCUT2D eigenvalue weighted by Crippen LogP contribution is 2.23. The number of allylic oxidation sites excluding steroid dienone is 1. The van der Waals surface area contributed by atoms with Gasteiger partial charge in [-0.2, -0.15) is 0 Å². The highest BCUT2D eigenvalue weighted by molar-refractivity contribution is 5.86. The van der Waals surface area contributed by atoms with Gasteiger partial charge in [0.05, 0.1) is 11.4 Å². The number of rotatable bonds is 8. The number of esters is 1. The van der Waals surface area contributed by atoms with Crippen molar-refractivity contribution in [3.8, 4) is 5.69 Å². The van der Waals surface area contributed by atoms with E-state index in [9.17, 15) is 4.79 Å². The number of carbonyl (C=O) groups is 1. The Hall–Kier alpha value is -3.40. The van der Waals surface area contributed by atoms with Gasteiger partial charge in [-0.15, -0.1) is 6.58 Å². The zero-order chi connectivity index (χ0) is 19.9. The predicted octanol–water partition coefficient (Wildman–Crippen LogP) is 4.81. The van der Waals surface area contributed by atoms with Gasteiger partial charge in [-0.25, -0.2) is 9.78 Å². The maximum atomic E-state index is 12.0. The van der Waals surface area contributed by atoms with Crippen LogP contribution in [0.15, 0.2) is 85.5 Å². The Morgan fingerprint density at radius 3 is 2.36 bits per heavy atom. The first-order chi connectivity index (χ1) is 13.6. The average Bonchev–Trinajstić information content (AvgIpc) is 3.04. The lowest BCUT2D eigenvalue weighted by molar-refractivity contribution is -0.140. The van der Waals surface area contributed by atoms with Crippen molar-refractivity contribution in [3.63, 3.8) is 0 Å². The first-order valence-corrected chi connectivity index (χ1v) is 9.22. The van der Waals surface area contributed by atoms with Gasteiger partial charge in [0.15, 0.2) is 0 Å². The Labute approximate surface area is 165 Å². The fraction of sp³-hybridized carbons (Fsp3) is 0.167. The molecule has 0 aliphatic heterocycles. The standard InChI is InChI=1S/C24H24N2O2/c1-4-11-21-22(17-28-24(27)18(2)3)26(20-14-9-6-10-15-20)23(25-21)16-19-12-7-5-8-13-19/h4-10,12-15H,1-2,11,16-17H2,3H3. The number of carbonyl (C=O) groups excluding carboxylic acids is 1. The minimum absolute atomic E-state index is 0.131. The number of aromatic nitrogens is 2. The number of benzene rings is 2. The molecule has 0 amide bonds. The van der Waals surface area contributed by atoms with Crippen LogP contribution in [0.2, 0.25) is 0 Å². The van der Waals surface area contributed by atoms with Gasteiger partial charge >= 0.3 is 5.97 Å². The molecule has 0 N–H and O–H groups in total. The normalized spacial score (nSPS) is 10.5. The Kier molecular flexibility index (Phi) is 6.22. The molecule has 2 aromatic carbocycles. The molecule has 0 saturated carbocycles. The van der Waals surface area contributed by atoms with Gasteiger partial charge in [0, 0.05) is 24.1 Å². The third-order valence-corrected chi connectivity index (χ3v) is 4.37. The summed E-state index contributed by atoms with van der Waals surface area (Å²) in [5, 5.41) is 0. The van der Waals surface area contributed by atoms with Crippen molar-refractivity contribution >= 4 is 5.97 Å². The van der Waals surface area contributed by atoms with Crippen LogP contribution < -0.4 is 0 Å². The van der Waals surface area contributed by atoms with E-state index < -0.39 is 5.97 Å². The Morgan fingerprint density at radius 2 is 1.75 bits per heavy atom. The second-order valence-electron chi connectivity index (χ2n) is 6.60. The topological polar surface area (TPSA) is 44.1 Å². The SMILES string of the molecule is C=CCc1nc(Cc2ccccc2)n(-c2ccccc2)c1COC(=O)C(=C)C. The zero-order valence-electron chi connectivity index (χ0n) is 16.1. The van der Waals surface area contributed by atoms with E-state index in [1.165, 1.54) is 5.56 Å². The molecule has 0 unspecified atom stereocenters. The monoisotopic (exact) mass is 372 g/mol. The summed E-state index contributed by atoms with van der Waals surface area (Å²) in [6.07, 6.45) is 3.09. The van der Waals surface area contributed by atoms with E-state index in [1.54, 1.807) is 6.92 Å². The van der Waals surface area contributed by atoms with Crippen LogP contribution in [0.3, 0.4) is 0 Å². The van der Waals surface area contributed by atoms with E-state index in [-0.39, 0.29) is 6.61 Å². The highest BCUT2D eigenvalue weighted by Gasteiger charge is 2.19. The number of hydrogen-bond acceptors (Lipinski definition) is 3. The summed E-state index contributed by atoms with van der Waals surface area (Å²) in [6.45, 7) is 9.27. The number of para-hydroxylation sites is 1. The fourth-order valence-corrected chi connectivity index (χ4v) is 3.04. The Balaban J connectivity index is 2.07. The minimum Gasteiger partial charge on any atom is -0.456 e. The molecule has 1 aromatic heterocycles. The predicted molar refractivity (Wildman–Crippen MR) is 111 cm³/mol. The van der Waals surface area contributed by atoms with Crippen LogP contribution in [0.4, 0.5) is 0 Å². The van der Waals surface area contributed by atoms with Crippen LogP contribution in [0.1, 0.15) is 29.7 Å². The lowest BCUT2D eigenvalue weighted by Gasteiger charge is -2.13. The molecule has 4 nitrogen and oxygen atoms in total. The van der Waals surface area contributed by atoms with Crippen molar-refractivity contribution in [2.24, 2.45) is 0 Å². The molecule has 0 bridgehead atoms. The molecule has 1 heterocycles. The first kappa shape index (κ1) is 19.4. The largest absolute Gasteiger partial charge is 0.456 e. The maximum Gasteiger partial charge on any atom is 0.333 e. The second-order valence-corrected chi connectivity index (χ2v) is 6.60. The maximum absolute atomic E-state index is 12.0. The molecule has 0 fully saturated rings. The summed E-state index contributed by atoms with van der Waals surface area (Å²) < 4.78 is 7.55. The van der Waals surface area contributed by atoms with E-state index in [1.807, 2.05) is 54.6 Å². The number of imidazole rings is 1. The quantitative estimate of drug-likeness (QED) is 0.324. The molecule has 4 heteroatoms. The number of hydrogen-bond donors (Lipinski definition) is 0. The summed E-state index contributed by atoms with van der Waals surface area (Å²) in [4.78, 5) is 16.8. The number of nitrogens with zero attached hydrogens (tertiary/aromatic N) is 2. The fourth-order valence-electron chi connectivity index (χ4n) is 3.04. The summed E-state index contributed by atoms with van der Waals surface area (Å²) in [5.41, 5.74) is 4.24. The van der Waals surface area contributed by atoms with Gasteiger partial charge in [-0.3, -0.25) is 4.57 Å². The molecule has 3 aromatic rings. The van der Waals surface area contributed by atoms with Crippen LogP contribution in [0.25, 0.3) is 5.69 Å². The third kappa shape index (κ3) is 4.46. The van der Waals surface area contributed by atoms with Crippen molar-refractivity contribution in [3.05, 3.63) is 108 Å². The molecule has 0 spiro atoms. The smallest absolute Gasteiger partial charge is 0.333 e. The van der Waals surface area contributed by atoms with Gasteiger partial charge in [-0.1, -0.05) is 61.2 Å². The molecule has 28 heavy (non-hydrogen) atoms. The molecule has 0 aliphatic rings. The van der Waals surface area contributed by atoms with Gasteiger partial charge < -0.3 is 4.74 Å². The summed E-state index contributed by atoms with van der Waals surface area (Å²) in [6, 6.07) is 20.2. The molecular formula is C24H24N2O2. The van der Waals surface area contributed by atoms with Crippen molar-refractivity contribution in [2.45, 2.75) is 26.4 Å². The van der Waals surface area contributed by atoms with E-state index >= 15 is 0 Å². The summed E-state index contributed by atoms with van der Waals surface area (Å²) in [5.74, 6) is 0.491. The molecular weight excluding hydrogens is 348 g/mol. The van der Waals surface area contributed by atoms with Crippen LogP contribution in [0, 0.1) is 0 Å². The van der Waals surface area contributed by atoms with Gasteiger partial charge in [0.1, 0.15) is 12.4 Å². The molecule has 0 saturated heterocycles. The van der Waals surface area contributed by atoms with Gasteiger partial charge in [0.2, 0.25) is 0 Å². The molecule has 0 atom stereocenters. The van der Waals surface area contributed by atoms with Crippen LogP contribution in [-0.4, -0.2) is 15.5 Å². The third-order valence-electron chi connectivity index (χ3n) is 4.37. The molecule has 0 aliphatic carbocycles. The van der Waals surface area contributed by atoms with E-state index in [0.717, 1.165) is 22.9 Å². The lowest BCUT2D eigenvalue weighted by Crippen LogP contribution is -2.11. The van der Waals surface area contributed by atoms with Crippen molar-refractivity contribution in [1.82, 2.24) is 9.55 Å². The molecule has 142 valence electrons. The van der Waals surface area contributed by atoms with Crippen molar-refractivity contribution in [1.29, 1.82) is 0 Å². The lowest BCUT2D eigenvalue weighted by atomic mass is 10.1. The van der Waals surface area contributed by atoms with Crippen molar-refractivity contribution < 1.29 is 9.53 Å². The Bertz CT molecular complexity index is 973. The van der Waals surface area contributed by atoms with Crippen molar-refractivity contribution in [2.75, 3.05) is 0 Å². The Morgan fingerprint density at radius 1 is 1.11 bits per heavy atom. The summed E-state index contributed by atoms with van der Waals surface area (Å²) >= 11 is 0. The van der Waals surface area contributed by atoms with Gasteiger partial charge in [-0.05, 0) is 24.6 Å². The number of ether oxygens (including phenoxy) is 1. The van der Waals surface area contributed by atoms with Gasteiger partial charge in [0.25, 0.3) is 0 Å². The minimum atomic E-state index is -0.407. The molecule has 0 radical (unpaired) electrons. The van der Waals surface area contributed by atoms with E-state index in [0.29, 0.717) is 18.4 Å². The average molecular weight is 372 g/mol. The van der Waals surface area contributed by atoms with Crippen LogP contribution >= 0.6 is 0 Å². The zero-order valence-corrected chi connectivity index (χ0v) is 16.1. The molecule has 3 rings (SSSR count). The van der Waals surface area contributed by atoms with Crippen LogP contribution in [-0.2, 0) is 29.0 Å². The summed E-state index contributed by atoms with van der Waals surface area (Å²) in [7, 11) is 0. The van der Waals surface area contributed by atoms with E-state index in [2.05, 4.69) is 29.9 Å².